The van der Waals surface area contributed by atoms with Crippen molar-refractivity contribution in [1.29, 1.82) is 0 Å². The molecule has 0 radical (unpaired) electrons. The quantitative estimate of drug-likeness (QED) is 0.638. The Kier molecular flexibility index (Phi) is 2.28. The molecule has 0 bridgehead atoms. The topological polar surface area (TPSA) is 58.1 Å². The van der Waals surface area contributed by atoms with Crippen molar-refractivity contribution in [3.05, 3.63) is 11.9 Å². The first kappa shape index (κ1) is 7.08. The van der Waals surface area contributed by atoms with Crippen LogP contribution in [0.5, 0.6) is 5.75 Å². The fourth-order valence-corrected chi connectivity index (χ4v) is 0.695. The molecule has 0 aromatic carbocycles. The van der Waals surface area contributed by atoms with E-state index in [-0.39, 0.29) is 5.75 Å². The van der Waals surface area contributed by atoms with Gasteiger partial charge in [0, 0.05) is 13.5 Å². The van der Waals surface area contributed by atoms with Crippen LogP contribution in [0.4, 0.5) is 0 Å². The molecule has 1 aromatic heterocycles. The molecule has 4 heteroatoms. The summed E-state index contributed by atoms with van der Waals surface area (Å²) in [4.78, 5) is 0. The smallest absolute Gasteiger partial charge is 0.156 e. The highest BCUT2D eigenvalue weighted by Gasteiger charge is 2.00. The Bertz CT molecular complexity index is 197. The van der Waals surface area contributed by atoms with E-state index in [1.165, 1.54) is 6.20 Å². The van der Waals surface area contributed by atoms with Crippen LogP contribution >= 0.6 is 0 Å². The largest absolute Gasteiger partial charge is 0.504 e. The summed E-state index contributed by atoms with van der Waals surface area (Å²) in [6.07, 6.45) is 2.05. The molecule has 0 aliphatic heterocycles. The van der Waals surface area contributed by atoms with E-state index in [4.69, 9.17) is 9.84 Å². The number of rotatable bonds is 3. The maximum Gasteiger partial charge on any atom is 0.156 e. The molecule has 1 heterocycles. The zero-order valence-electron chi connectivity index (χ0n) is 5.79. The second kappa shape index (κ2) is 3.22. The molecule has 0 aliphatic carbocycles. The molecule has 0 fully saturated rings. The van der Waals surface area contributed by atoms with Gasteiger partial charge in [-0.2, -0.15) is 5.10 Å². The van der Waals surface area contributed by atoms with Crippen LogP contribution in [0.1, 0.15) is 5.69 Å². The molecule has 1 rings (SSSR count). The number of ether oxygens (including phenoxy) is 1. The molecular weight excluding hydrogens is 132 g/mol. The number of methoxy groups -OCH3 is 1. The molecule has 0 atom stereocenters. The van der Waals surface area contributed by atoms with Gasteiger partial charge in [0.2, 0.25) is 0 Å². The number of H-pyrrole nitrogens is 1. The van der Waals surface area contributed by atoms with Crippen molar-refractivity contribution in [2.24, 2.45) is 0 Å². The van der Waals surface area contributed by atoms with Gasteiger partial charge in [0.15, 0.2) is 5.75 Å². The highest BCUT2D eigenvalue weighted by molar-refractivity contribution is 5.21. The maximum absolute atomic E-state index is 9.03. The summed E-state index contributed by atoms with van der Waals surface area (Å²) in [5.41, 5.74) is 0.724. The standard InChI is InChI=1S/C6H10N2O2/c1-10-3-2-5-6(9)4-7-8-5/h4,9H,2-3H2,1H3,(H,7,8). The summed E-state index contributed by atoms with van der Waals surface area (Å²) in [5.74, 6) is 0.206. The SMILES string of the molecule is COCCc1[nH]ncc1O. The monoisotopic (exact) mass is 142 g/mol. The molecule has 0 saturated heterocycles. The van der Waals surface area contributed by atoms with Gasteiger partial charge in [-0.3, -0.25) is 5.10 Å². The Morgan fingerprint density at radius 3 is 3.10 bits per heavy atom. The summed E-state index contributed by atoms with van der Waals surface area (Å²) in [6.45, 7) is 0.593. The molecule has 10 heavy (non-hydrogen) atoms. The Morgan fingerprint density at radius 2 is 2.60 bits per heavy atom. The molecule has 0 aliphatic rings. The molecule has 0 saturated carbocycles. The number of hydrogen-bond donors (Lipinski definition) is 2. The normalized spacial score (nSPS) is 10.1. The van der Waals surface area contributed by atoms with E-state index >= 15 is 0 Å². The number of nitrogens with zero attached hydrogens (tertiary/aromatic N) is 1. The first-order valence-corrected chi connectivity index (χ1v) is 3.04. The summed E-state index contributed by atoms with van der Waals surface area (Å²) in [5, 5.41) is 15.3. The van der Waals surface area contributed by atoms with Crippen LogP contribution in [0.15, 0.2) is 6.20 Å². The van der Waals surface area contributed by atoms with Gasteiger partial charge in [-0.1, -0.05) is 0 Å². The summed E-state index contributed by atoms with van der Waals surface area (Å²) < 4.78 is 4.81. The number of nitrogens with one attached hydrogen (secondary N) is 1. The third-order valence-corrected chi connectivity index (χ3v) is 1.25. The van der Waals surface area contributed by atoms with E-state index < -0.39 is 0 Å². The van der Waals surface area contributed by atoms with E-state index in [0.717, 1.165) is 5.69 Å². The van der Waals surface area contributed by atoms with Crippen molar-refractivity contribution in [3.63, 3.8) is 0 Å². The Hall–Kier alpha value is -1.03. The third-order valence-electron chi connectivity index (χ3n) is 1.25. The molecule has 0 unspecified atom stereocenters. The van der Waals surface area contributed by atoms with Gasteiger partial charge in [0.05, 0.1) is 18.5 Å². The van der Waals surface area contributed by atoms with Gasteiger partial charge in [-0.25, -0.2) is 0 Å². The second-order valence-corrected chi connectivity index (χ2v) is 1.98. The summed E-state index contributed by atoms with van der Waals surface area (Å²) in [6, 6.07) is 0. The van der Waals surface area contributed by atoms with E-state index in [9.17, 15) is 0 Å². The average molecular weight is 142 g/mol. The lowest BCUT2D eigenvalue weighted by molar-refractivity contribution is 0.200. The zero-order valence-corrected chi connectivity index (χ0v) is 5.79. The summed E-state index contributed by atoms with van der Waals surface area (Å²) in [7, 11) is 1.62. The van der Waals surface area contributed by atoms with Crippen molar-refractivity contribution >= 4 is 0 Å². The van der Waals surface area contributed by atoms with Gasteiger partial charge in [0.25, 0.3) is 0 Å². The van der Waals surface area contributed by atoms with Gasteiger partial charge < -0.3 is 9.84 Å². The Balaban J connectivity index is 2.49. The first-order chi connectivity index (χ1) is 4.84. The van der Waals surface area contributed by atoms with Crippen LogP contribution in [0, 0.1) is 0 Å². The van der Waals surface area contributed by atoms with Crippen LogP contribution in [0.2, 0.25) is 0 Å². The Morgan fingerprint density at radius 1 is 1.80 bits per heavy atom. The lowest BCUT2D eigenvalue weighted by Gasteiger charge is -1.95. The van der Waals surface area contributed by atoms with Crippen molar-refractivity contribution < 1.29 is 9.84 Å². The first-order valence-electron chi connectivity index (χ1n) is 3.04. The van der Waals surface area contributed by atoms with Crippen LogP contribution in [0.25, 0.3) is 0 Å². The van der Waals surface area contributed by atoms with E-state index in [0.29, 0.717) is 13.0 Å². The minimum absolute atomic E-state index is 0.206. The lowest BCUT2D eigenvalue weighted by Crippen LogP contribution is -1.94. The van der Waals surface area contributed by atoms with Gasteiger partial charge in [0.1, 0.15) is 0 Å². The molecule has 0 spiro atoms. The highest BCUT2D eigenvalue weighted by atomic mass is 16.5. The van der Waals surface area contributed by atoms with Crippen LogP contribution in [-0.4, -0.2) is 29.0 Å². The van der Waals surface area contributed by atoms with E-state index in [1.807, 2.05) is 0 Å². The number of aromatic hydroxyl groups is 1. The average Bonchev–Trinajstić information content (AvgIpc) is 2.31. The minimum atomic E-state index is 0.206. The zero-order chi connectivity index (χ0) is 7.40. The molecule has 56 valence electrons. The fourth-order valence-electron chi connectivity index (χ4n) is 0.695. The highest BCUT2D eigenvalue weighted by Crippen LogP contribution is 2.11. The predicted octanol–water partition coefficient (Wildman–Crippen LogP) is 0.304. The number of aromatic nitrogens is 2. The van der Waals surface area contributed by atoms with Gasteiger partial charge in [-0.15, -0.1) is 0 Å². The van der Waals surface area contributed by atoms with Crippen LogP contribution < -0.4 is 0 Å². The molecule has 0 amide bonds. The van der Waals surface area contributed by atoms with Gasteiger partial charge >= 0.3 is 0 Å². The lowest BCUT2D eigenvalue weighted by atomic mass is 10.3. The van der Waals surface area contributed by atoms with E-state index in [1.54, 1.807) is 7.11 Å². The minimum Gasteiger partial charge on any atom is -0.504 e. The predicted molar refractivity (Wildman–Crippen MR) is 35.8 cm³/mol. The summed E-state index contributed by atoms with van der Waals surface area (Å²) >= 11 is 0. The third kappa shape index (κ3) is 1.48. The van der Waals surface area contributed by atoms with Crippen molar-refractivity contribution in [2.45, 2.75) is 6.42 Å². The number of hydrogen-bond acceptors (Lipinski definition) is 3. The molecule has 1 aromatic rings. The van der Waals surface area contributed by atoms with Crippen LogP contribution in [0.3, 0.4) is 0 Å². The molecular formula is C6H10N2O2. The number of aromatic amines is 1. The van der Waals surface area contributed by atoms with E-state index in [2.05, 4.69) is 10.2 Å². The molecule has 4 nitrogen and oxygen atoms in total. The Labute approximate surface area is 58.8 Å². The van der Waals surface area contributed by atoms with Gasteiger partial charge in [-0.05, 0) is 0 Å². The van der Waals surface area contributed by atoms with Crippen molar-refractivity contribution in [3.8, 4) is 5.75 Å². The molecule has 2 N–H and O–H groups in total. The maximum atomic E-state index is 9.03. The van der Waals surface area contributed by atoms with Crippen molar-refractivity contribution in [1.82, 2.24) is 10.2 Å². The van der Waals surface area contributed by atoms with Crippen LogP contribution in [-0.2, 0) is 11.2 Å². The second-order valence-electron chi connectivity index (χ2n) is 1.98. The van der Waals surface area contributed by atoms with Crippen molar-refractivity contribution in [2.75, 3.05) is 13.7 Å². The fraction of sp³-hybridized carbons (Fsp3) is 0.500.